The lowest BCUT2D eigenvalue weighted by Gasteiger charge is -1.97. The van der Waals surface area contributed by atoms with Gasteiger partial charge in [-0.1, -0.05) is 5.92 Å². The summed E-state index contributed by atoms with van der Waals surface area (Å²) >= 11 is 0. The van der Waals surface area contributed by atoms with Gasteiger partial charge < -0.3 is 11.5 Å². The fourth-order valence-electron chi connectivity index (χ4n) is 0.805. The van der Waals surface area contributed by atoms with E-state index < -0.39 is 5.91 Å². The largest absolute Gasteiger partial charge is 0.397 e. The Hall–Kier alpha value is -2.02. The van der Waals surface area contributed by atoms with Crippen molar-refractivity contribution in [3.63, 3.8) is 0 Å². The van der Waals surface area contributed by atoms with Crippen LogP contribution in [0.1, 0.15) is 11.3 Å². The standard InChI is InChI=1S/C9H9N3O/c1-6-7(2-3-9(11)13)4-8(10)5-12-6/h4-5H,10H2,1H3,(H2,11,13). The minimum Gasteiger partial charge on any atom is -0.397 e. The molecule has 13 heavy (non-hydrogen) atoms. The van der Waals surface area contributed by atoms with Crippen molar-refractivity contribution in [2.24, 2.45) is 5.73 Å². The van der Waals surface area contributed by atoms with Crippen LogP contribution in [0.2, 0.25) is 0 Å². The zero-order valence-corrected chi connectivity index (χ0v) is 7.16. The molecule has 0 unspecified atom stereocenters. The highest BCUT2D eigenvalue weighted by atomic mass is 16.1. The third-order valence-electron chi connectivity index (χ3n) is 1.43. The third kappa shape index (κ3) is 2.49. The Bertz CT molecular complexity index is 401. The molecule has 4 heteroatoms. The Morgan fingerprint density at radius 1 is 1.62 bits per heavy atom. The van der Waals surface area contributed by atoms with E-state index in [1.54, 1.807) is 13.0 Å². The summed E-state index contributed by atoms with van der Waals surface area (Å²) in [4.78, 5) is 14.3. The molecule has 1 aromatic heterocycles. The molecule has 0 bridgehead atoms. The van der Waals surface area contributed by atoms with Crippen molar-refractivity contribution in [1.82, 2.24) is 4.98 Å². The lowest BCUT2D eigenvalue weighted by Crippen LogP contribution is -2.06. The molecule has 0 spiro atoms. The Morgan fingerprint density at radius 3 is 2.92 bits per heavy atom. The number of nitrogen functional groups attached to an aromatic ring is 1. The van der Waals surface area contributed by atoms with E-state index in [0.29, 0.717) is 11.3 Å². The monoisotopic (exact) mass is 175 g/mol. The quantitative estimate of drug-likeness (QED) is 0.536. The van der Waals surface area contributed by atoms with Gasteiger partial charge >= 0.3 is 0 Å². The molecule has 0 aliphatic carbocycles. The highest BCUT2D eigenvalue weighted by Gasteiger charge is 1.96. The van der Waals surface area contributed by atoms with Gasteiger partial charge in [0.2, 0.25) is 0 Å². The first-order valence-electron chi connectivity index (χ1n) is 3.63. The van der Waals surface area contributed by atoms with Gasteiger partial charge in [0, 0.05) is 11.5 Å². The number of amides is 1. The van der Waals surface area contributed by atoms with Gasteiger partial charge in [0.25, 0.3) is 5.91 Å². The molecule has 1 amide bonds. The zero-order chi connectivity index (χ0) is 9.84. The van der Waals surface area contributed by atoms with Gasteiger partial charge in [0.15, 0.2) is 0 Å². The van der Waals surface area contributed by atoms with Gasteiger partial charge in [-0.25, -0.2) is 0 Å². The molecule has 0 radical (unpaired) electrons. The SMILES string of the molecule is Cc1ncc(N)cc1C#CC(N)=O. The molecular weight excluding hydrogens is 166 g/mol. The number of carbonyl (C=O) groups is 1. The van der Waals surface area contributed by atoms with Crippen LogP contribution in [0.5, 0.6) is 0 Å². The molecule has 1 heterocycles. The van der Waals surface area contributed by atoms with Gasteiger partial charge in [-0.3, -0.25) is 9.78 Å². The van der Waals surface area contributed by atoms with Crippen molar-refractivity contribution >= 4 is 11.6 Å². The van der Waals surface area contributed by atoms with Crippen LogP contribution in [0.4, 0.5) is 5.69 Å². The fourth-order valence-corrected chi connectivity index (χ4v) is 0.805. The maximum Gasteiger partial charge on any atom is 0.293 e. The zero-order valence-electron chi connectivity index (χ0n) is 7.16. The maximum absolute atomic E-state index is 10.4. The van der Waals surface area contributed by atoms with E-state index in [4.69, 9.17) is 11.5 Å². The number of primary amides is 1. The van der Waals surface area contributed by atoms with E-state index in [-0.39, 0.29) is 0 Å². The number of nitrogens with zero attached hydrogens (tertiary/aromatic N) is 1. The van der Waals surface area contributed by atoms with Gasteiger partial charge in [-0.15, -0.1) is 0 Å². The second-order valence-electron chi connectivity index (χ2n) is 2.52. The van der Waals surface area contributed by atoms with Crippen LogP contribution in [0, 0.1) is 18.8 Å². The summed E-state index contributed by atoms with van der Waals surface area (Å²) < 4.78 is 0. The predicted octanol–water partition coefficient (Wildman–Crippen LogP) is -0.191. The van der Waals surface area contributed by atoms with Crippen LogP contribution in [-0.4, -0.2) is 10.9 Å². The summed E-state index contributed by atoms with van der Waals surface area (Å²) in [5.41, 5.74) is 12.2. The lowest BCUT2D eigenvalue weighted by molar-refractivity contribution is -0.112. The highest BCUT2D eigenvalue weighted by molar-refractivity contribution is 5.92. The number of nitrogens with two attached hydrogens (primary N) is 2. The Kier molecular flexibility index (Phi) is 2.50. The number of pyridine rings is 1. The average Bonchev–Trinajstić information content (AvgIpc) is 2.06. The first-order chi connectivity index (χ1) is 6.09. The molecule has 0 fully saturated rings. The van der Waals surface area contributed by atoms with Crippen LogP contribution < -0.4 is 11.5 Å². The van der Waals surface area contributed by atoms with Gasteiger partial charge in [0.1, 0.15) is 0 Å². The van der Waals surface area contributed by atoms with Crippen LogP contribution in [-0.2, 0) is 4.79 Å². The lowest BCUT2D eigenvalue weighted by atomic mass is 10.2. The number of hydrogen-bond donors (Lipinski definition) is 2. The van der Waals surface area contributed by atoms with Gasteiger partial charge in [0.05, 0.1) is 17.6 Å². The third-order valence-corrected chi connectivity index (χ3v) is 1.43. The highest BCUT2D eigenvalue weighted by Crippen LogP contribution is 2.07. The van der Waals surface area contributed by atoms with Crippen LogP contribution in [0.25, 0.3) is 0 Å². The van der Waals surface area contributed by atoms with Gasteiger partial charge in [-0.2, -0.15) is 0 Å². The van der Waals surface area contributed by atoms with Crippen molar-refractivity contribution in [1.29, 1.82) is 0 Å². The number of hydrogen-bond acceptors (Lipinski definition) is 3. The normalized spacial score (nSPS) is 8.69. The summed E-state index contributed by atoms with van der Waals surface area (Å²) in [5.74, 6) is 4.14. The molecule has 4 nitrogen and oxygen atoms in total. The molecule has 0 aromatic carbocycles. The molecule has 0 atom stereocenters. The molecule has 0 aliphatic rings. The van der Waals surface area contributed by atoms with E-state index in [2.05, 4.69) is 16.8 Å². The summed E-state index contributed by atoms with van der Waals surface area (Å²) in [6, 6.07) is 1.65. The number of anilines is 1. The molecule has 1 rings (SSSR count). The van der Waals surface area contributed by atoms with Crippen molar-refractivity contribution in [2.75, 3.05) is 5.73 Å². The van der Waals surface area contributed by atoms with Crippen LogP contribution >= 0.6 is 0 Å². The average molecular weight is 175 g/mol. The van der Waals surface area contributed by atoms with E-state index in [9.17, 15) is 4.79 Å². The maximum atomic E-state index is 10.4. The Morgan fingerprint density at radius 2 is 2.31 bits per heavy atom. The van der Waals surface area contributed by atoms with E-state index >= 15 is 0 Å². The first-order valence-corrected chi connectivity index (χ1v) is 3.63. The molecule has 1 aromatic rings. The number of rotatable bonds is 0. The molecular formula is C9H9N3O. The Balaban J connectivity index is 3.09. The fraction of sp³-hybridized carbons (Fsp3) is 0.111. The van der Waals surface area contributed by atoms with Crippen molar-refractivity contribution in [3.8, 4) is 11.8 Å². The molecule has 0 saturated carbocycles. The van der Waals surface area contributed by atoms with E-state index in [1.807, 2.05) is 0 Å². The van der Waals surface area contributed by atoms with E-state index in [1.165, 1.54) is 6.20 Å². The van der Waals surface area contributed by atoms with Crippen molar-refractivity contribution in [3.05, 3.63) is 23.5 Å². The smallest absolute Gasteiger partial charge is 0.293 e. The van der Waals surface area contributed by atoms with Gasteiger partial charge in [-0.05, 0) is 13.0 Å². The number of carbonyl (C=O) groups excluding carboxylic acids is 1. The summed E-state index contributed by atoms with van der Waals surface area (Å²) in [6.45, 7) is 1.78. The van der Waals surface area contributed by atoms with Crippen LogP contribution in [0.3, 0.4) is 0 Å². The summed E-state index contributed by atoms with van der Waals surface area (Å²) in [5, 5.41) is 0. The predicted molar refractivity (Wildman–Crippen MR) is 49.5 cm³/mol. The molecule has 4 N–H and O–H groups in total. The molecule has 0 aliphatic heterocycles. The van der Waals surface area contributed by atoms with Crippen molar-refractivity contribution in [2.45, 2.75) is 6.92 Å². The number of aryl methyl sites for hydroxylation is 1. The minimum absolute atomic E-state index is 0.513. The first kappa shape index (κ1) is 9.07. The minimum atomic E-state index is -0.665. The molecule has 66 valence electrons. The second-order valence-corrected chi connectivity index (χ2v) is 2.52. The summed E-state index contributed by atoms with van der Waals surface area (Å²) in [6.07, 6.45) is 1.53. The second kappa shape index (κ2) is 3.59. The topological polar surface area (TPSA) is 82.0 Å². The van der Waals surface area contributed by atoms with E-state index in [0.717, 1.165) is 5.69 Å². The molecule has 0 saturated heterocycles. The van der Waals surface area contributed by atoms with Crippen LogP contribution in [0.15, 0.2) is 12.3 Å². The number of aromatic nitrogens is 1. The summed E-state index contributed by atoms with van der Waals surface area (Å²) in [7, 11) is 0. The van der Waals surface area contributed by atoms with Crippen molar-refractivity contribution < 1.29 is 4.79 Å². The Labute approximate surface area is 76.0 Å².